The number of anilines is 1. The number of carbonyl (C=O) groups excluding carboxylic acids is 2. The lowest BCUT2D eigenvalue weighted by Crippen LogP contribution is -2.21. The molecule has 0 aliphatic carbocycles. The maximum atomic E-state index is 13.8. The molecule has 0 atom stereocenters. The molecule has 0 saturated heterocycles. The summed E-state index contributed by atoms with van der Waals surface area (Å²) in [6, 6.07) is 9.52. The molecule has 0 bridgehead atoms. The Bertz CT molecular complexity index is 1280. The summed E-state index contributed by atoms with van der Waals surface area (Å²) in [5.41, 5.74) is 1.70. The molecule has 3 aromatic rings. The smallest absolute Gasteiger partial charge is 0.394 e. The van der Waals surface area contributed by atoms with Crippen molar-refractivity contribution in [3.63, 3.8) is 0 Å². The van der Waals surface area contributed by atoms with Gasteiger partial charge in [-0.2, -0.15) is 0 Å². The van der Waals surface area contributed by atoms with Crippen molar-refractivity contribution in [3.05, 3.63) is 80.6 Å². The minimum atomic E-state index is -1.66. The van der Waals surface area contributed by atoms with Gasteiger partial charge in [0.05, 0.1) is 17.2 Å². The highest BCUT2D eigenvalue weighted by atomic mass is 35.5. The Hall–Kier alpha value is -3.62. The van der Waals surface area contributed by atoms with E-state index in [0.717, 1.165) is 6.07 Å². The zero-order valence-electron chi connectivity index (χ0n) is 18.2. The number of nitrogens with one attached hydrogen (secondary N) is 1. The van der Waals surface area contributed by atoms with Crippen LogP contribution in [-0.4, -0.2) is 29.9 Å². The van der Waals surface area contributed by atoms with Crippen LogP contribution in [0.25, 0.3) is 0 Å². The van der Waals surface area contributed by atoms with Gasteiger partial charge in [0.25, 0.3) is 0 Å². The lowest BCUT2D eigenvalue weighted by atomic mass is 9.98. The Balaban J connectivity index is 1.92. The molecule has 176 valence electrons. The summed E-state index contributed by atoms with van der Waals surface area (Å²) in [6.45, 7) is 3.43. The summed E-state index contributed by atoms with van der Waals surface area (Å²) in [4.78, 5) is 35.0. The summed E-state index contributed by atoms with van der Waals surface area (Å²) >= 11 is 12.5. The predicted molar refractivity (Wildman–Crippen MR) is 125 cm³/mol. The van der Waals surface area contributed by atoms with Crippen LogP contribution in [0.4, 0.5) is 10.1 Å². The maximum absolute atomic E-state index is 13.8. The average Bonchev–Trinajstić information content (AvgIpc) is 2.76. The predicted octanol–water partition coefficient (Wildman–Crippen LogP) is 5.80. The van der Waals surface area contributed by atoms with E-state index in [-0.39, 0.29) is 32.8 Å². The molecule has 3 aromatic carbocycles. The van der Waals surface area contributed by atoms with E-state index < -0.39 is 23.5 Å². The molecule has 0 saturated carbocycles. The summed E-state index contributed by atoms with van der Waals surface area (Å²) in [6.07, 6.45) is 0. The van der Waals surface area contributed by atoms with E-state index in [0.29, 0.717) is 22.4 Å². The lowest BCUT2D eigenvalue weighted by Gasteiger charge is -2.16. The van der Waals surface area contributed by atoms with Crippen molar-refractivity contribution in [2.45, 2.75) is 13.8 Å². The Morgan fingerprint density at radius 1 is 0.882 bits per heavy atom. The molecule has 3 rings (SSSR count). The van der Waals surface area contributed by atoms with Crippen LogP contribution in [0.2, 0.25) is 10.0 Å². The van der Waals surface area contributed by atoms with Gasteiger partial charge >= 0.3 is 11.9 Å². The Kier molecular flexibility index (Phi) is 7.44. The summed E-state index contributed by atoms with van der Waals surface area (Å²) < 4.78 is 24.8. The van der Waals surface area contributed by atoms with E-state index in [2.05, 4.69) is 5.32 Å². The zero-order valence-corrected chi connectivity index (χ0v) is 19.7. The number of methoxy groups -OCH3 is 1. The third kappa shape index (κ3) is 5.47. The molecule has 0 radical (unpaired) electrons. The number of aliphatic carboxylic acids is 1. The number of amides is 1. The summed E-state index contributed by atoms with van der Waals surface area (Å²) in [5, 5.41) is 10.9. The average molecular weight is 506 g/mol. The topological polar surface area (TPSA) is 102 Å². The molecule has 0 heterocycles. The van der Waals surface area contributed by atoms with Gasteiger partial charge in [0.1, 0.15) is 17.3 Å². The Labute approximate surface area is 204 Å². The summed E-state index contributed by atoms with van der Waals surface area (Å²) in [5.74, 6) is -3.21. The van der Waals surface area contributed by atoms with E-state index >= 15 is 0 Å². The molecule has 0 aromatic heterocycles. The number of ketones is 1. The minimum absolute atomic E-state index is 0.0268. The molecule has 1 amide bonds. The van der Waals surface area contributed by atoms with Crippen LogP contribution in [0.3, 0.4) is 0 Å². The van der Waals surface area contributed by atoms with Crippen LogP contribution in [0.1, 0.15) is 27.0 Å². The van der Waals surface area contributed by atoms with Crippen LogP contribution < -0.4 is 14.8 Å². The van der Waals surface area contributed by atoms with Gasteiger partial charge in [-0.15, -0.1) is 0 Å². The fraction of sp³-hybridized carbons (Fsp3) is 0.125. The number of carboxylic acids is 1. The molecule has 10 heteroatoms. The van der Waals surface area contributed by atoms with Crippen molar-refractivity contribution in [2.24, 2.45) is 0 Å². The first-order chi connectivity index (χ1) is 16.0. The number of rotatable bonds is 6. The highest BCUT2D eigenvalue weighted by molar-refractivity contribution is 6.39. The van der Waals surface area contributed by atoms with Crippen molar-refractivity contribution in [3.8, 4) is 17.2 Å². The standard InChI is InChI=1S/C24H18Cl2FNO6/c1-11-4-13(20(29)14-6-15(27)8-17(7-14)33-3)5-12(2)21(11)34-22-18(25)9-16(10-19(22)26)28-23(30)24(31)32/h4-10H,1-3H3,(H,28,30)(H,31,32). The third-order valence-corrected chi connectivity index (χ3v) is 5.31. The van der Waals surface area contributed by atoms with Gasteiger partial charge in [-0.25, -0.2) is 9.18 Å². The number of hydrogen-bond donors (Lipinski definition) is 2. The molecular formula is C24H18Cl2FNO6. The van der Waals surface area contributed by atoms with Crippen LogP contribution >= 0.6 is 23.2 Å². The van der Waals surface area contributed by atoms with E-state index in [9.17, 15) is 18.8 Å². The summed E-state index contributed by atoms with van der Waals surface area (Å²) in [7, 11) is 1.38. The van der Waals surface area contributed by atoms with Gasteiger partial charge in [0.15, 0.2) is 11.5 Å². The first-order valence-corrected chi connectivity index (χ1v) is 10.5. The number of aryl methyl sites for hydroxylation is 2. The SMILES string of the molecule is COc1cc(F)cc(C(=O)c2cc(C)c(Oc3c(Cl)cc(NC(=O)C(=O)O)cc3Cl)c(C)c2)c1. The van der Waals surface area contributed by atoms with Gasteiger partial charge in [0.2, 0.25) is 0 Å². The lowest BCUT2D eigenvalue weighted by molar-refractivity contribution is -0.147. The van der Waals surface area contributed by atoms with Crippen molar-refractivity contribution >= 4 is 46.5 Å². The van der Waals surface area contributed by atoms with Crippen LogP contribution in [0.15, 0.2) is 42.5 Å². The number of carbonyl (C=O) groups is 3. The number of hydrogen-bond acceptors (Lipinski definition) is 5. The van der Waals surface area contributed by atoms with Gasteiger partial charge in [-0.3, -0.25) is 9.59 Å². The zero-order chi connectivity index (χ0) is 25.2. The fourth-order valence-corrected chi connectivity index (χ4v) is 3.80. The molecule has 0 fully saturated rings. The van der Waals surface area contributed by atoms with E-state index in [4.69, 9.17) is 37.8 Å². The Morgan fingerprint density at radius 2 is 1.44 bits per heavy atom. The molecule has 0 spiro atoms. The van der Waals surface area contributed by atoms with E-state index in [1.54, 1.807) is 26.0 Å². The fourth-order valence-electron chi connectivity index (χ4n) is 3.24. The van der Waals surface area contributed by atoms with Gasteiger partial charge in [-0.1, -0.05) is 23.2 Å². The number of halogens is 3. The quantitative estimate of drug-likeness (QED) is 0.324. The molecular weight excluding hydrogens is 488 g/mol. The molecule has 0 unspecified atom stereocenters. The second-order valence-corrected chi connectivity index (χ2v) is 8.09. The Morgan fingerprint density at radius 3 is 1.97 bits per heavy atom. The number of ether oxygens (including phenoxy) is 2. The molecule has 7 nitrogen and oxygen atoms in total. The molecule has 0 aliphatic rings. The second kappa shape index (κ2) is 10.1. The maximum Gasteiger partial charge on any atom is 0.394 e. The largest absolute Gasteiger partial charge is 0.497 e. The van der Waals surface area contributed by atoms with Crippen LogP contribution in [0, 0.1) is 19.7 Å². The highest BCUT2D eigenvalue weighted by Crippen LogP contribution is 2.41. The van der Waals surface area contributed by atoms with E-state index in [1.807, 2.05) is 0 Å². The molecule has 0 aliphatic heterocycles. The van der Waals surface area contributed by atoms with Crippen molar-refractivity contribution in [2.75, 3.05) is 12.4 Å². The monoisotopic (exact) mass is 505 g/mol. The second-order valence-electron chi connectivity index (χ2n) is 7.28. The molecule has 2 N–H and O–H groups in total. The number of carboxylic acid groups (broad SMARTS) is 1. The van der Waals surface area contributed by atoms with Crippen molar-refractivity contribution < 1.29 is 33.4 Å². The third-order valence-electron chi connectivity index (χ3n) is 4.75. The van der Waals surface area contributed by atoms with Gasteiger partial charge in [-0.05, 0) is 61.4 Å². The normalized spacial score (nSPS) is 10.5. The van der Waals surface area contributed by atoms with Crippen molar-refractivity contribution in [1.29, 1.82) is 0 Å². The first kappa shape index (κ1) is 25.0. The highest BCUT2D eigenvalue weighted by Gasteiger charge is 2.19. The van der Waals surface area contributed by atoms with Crippen LogP contribution in [-0.2, 0) is 9.59 Å². The first-order valence-electron chi connectivity index (χ1n) is 9.71. The van der Waals surface area contributed by atoms with Gasteiger partial charge in [0, 0.05) is 22.9 Å². The van der Waals surface area contributed by atoms with Crippen molar-refractivity contribution in [1.82, 2.24) is 0 Å². The number of benzene rings is 3. The van der Waals surface area contributed by atoms with E-state index in [1.165, 1.54) is 31.4 Å². The van der Waals surface area contributed by atoms with Gasteiger partial charge < -0.3 is 19.9 Å². The van der Waals surface area contributed by atoms with Crippen LogP contribution in [0.5, 0.6) is 17.2 Å². The minimum Gasteiger partial charge on any atom is -0.497 e. The molecule has 34 heavy (non-hydrogen) atoms.